The SMILES string of the molecule is COC/C=C(\C(=O)N(Cc1ccccc1)c1ccccc1OS(=O)(=O)C(F)(F)F)c1cccc2ccccc12. The highest BCUT2D eigenvalue weighted by atomic mass is 32.2. The summed E-state index contributed by atoms with van der Waals surface area (Å²) in [6.45, 7) is -0.00866. The number of hydrogen-bond acceptors (Lipinski definition) is 5. The van der Waals surface area contributed by atoms with Crippen LogP contribution in [0.3, 0.4) is 0 Å². The van der Waals surface area contributed by atoms with Crippen molar-refractivity contribution in [1.82, 2.24) is 0 Å². The fourth-order valence-corrected chi connectivity index (χ4v) is 4.51. The van der Waals surface area contributed by atoms with Crippen LogP contribution in [-0.4, -0.2) is 33.5 Å². The van der Waals surface area contributed by atoms with Crippen LogP contribution in [0.1, 0.15) is 11.1 Å². The van der Waals surface area contributed by atoms with Gasteiger partial charge in [-0.25, -0.2) is 0 Å². The number of carbonyl (C=O) groups is 1. The van der Waals surface area contributed by atoms with Gasteiger partial charge in [-0.2, -0.15) is 21.6 Å². The van der Waals surface area contributed by atoms with E-state index in [4.69, 9.17) is 4.74 Å². The molecular formula is C29H24F3NO5S. The van der Waals surface area contributed by atoms with Crippen molar-refractivity contribution in [1.29, 1.82) is 0 Å². The van der Waals surface area contributed by atoms with E-state index in [1.807, 2.05) is 30.3 Å². The highest BCUT2D eigenvalue weighted by molar-refractivity contribution is 7.88. The molecule has 39 heavy (non-hydrogen) atoms. The van der Waals surface area contributed by atoms with Crippen LogP contribution in [0.15, 0.2) is 103 Å². The molecule has 0 aromatic heterocycles. The van der Waals surface area contributed by atoms with E-state index in [9.17, 15) is 26.4 Å². The molecule has 0 fully saturated rings. The smallest absolute Gasteiger partial charge is 0.381 e. The first kappa shape index (κ1) is 27.9. The Hall–Kier alpha value is -4.15. The minimum atomic E-state index is -5.99. The standard InChI is InChI=1S/C29H24F3NO5S/c1-37-19-18-25(24-15-9-13-22-12-5-6-14-23(22)24)28(34)33(20-21-10-3-2-4-11-21)26-16-7-8-17-27(26)38-39(35,36)29(30,31)32/h2-18H,19-20H2,1H3/b25-18-. The molecule has 202 valence electrons. The van der Waals surface area contributed by atoms with Gasteiger partial charge in [-0.3, -0.25) is 4.79 Å². The molecule has 0 spiro atoms. The van der Waals surface area contributed by atoms with Crippen molar-refractivity contribution in [3.05, 3.63) is 114 Å². The van der Waals surface area contributed by atoms with Crippen LogP contribution in [-0.2, 0) is 26.2 Å². The number of para-hydroxylation sites is 2. The van der Waals surface area contributed by atoms with Crippen LogP contribution >= 0.6 is 0 Å². The molecule has 10 heteroatoms. The predicted octanol–water partition coefficient (Wildman–Crippen LogP) is 6.33. The number of carbonyl (C=O) groups excluding carboxylic acids is 1. The molecule has 0 saturated carbocycles. The lowest BCUT2D eigenvalue weighted by atomic mass is 9.96. The fraction of sp³-hybridized carbons (Fsp3) is 0.138. The molecule has 1 amide bonds. The van der Waals surface area contributed by atoms with Crippen molar-refractivity contribution >= 4 is 38.1 Å². The third-order valence-corrected chi connectivity index (χ3v) is 6.80. The Bertz CT molecular complexity index is 1600. The summed E-state index contributed by atoms with van der Waals surface area (Å²) in [5.41, 5.74) is -4.35. The van der Waals surface area contributed by atoms with Crippen molar-refractivity contribution in [2.24, 2.45) is 0 Å². The Labute approximate surface area is 224 Å². The third-order valence-electron chi connectivity index (χ3n) is 5.83. The molecule has 0 unspecified atom stereocenters. The van der Waals surface area contributed by atoms with Gasteiger partial charge < -0.3 is 13.8 Å². The third kappa shape index (κ3) is 6.30. The summed E-state index contributed by atoms with van der Waals surface area (Å²) in [6, 6.07) is 26.9. The minimum Gasteiger partial charge on any atom is -0.381 e. The quantitative estimate of drug-likeness (QED) is 0.137. The highest BCUT2D eigenvalue weighted by Gasteiger charge is 2.49. The maximum atomic E-state index is 14.3. The first-order valence-corrected chi connectivity index (χ1v) is 13.2. The summed E-state index contributed by atoms with van der Waals surface area (Å²) in [5.74, 6) is -1.23. The van der Waals surface area contributed by atoms with Gasteiger partial charge >= 0.3 is 15.6 Å². The zero-order valence-corrected chi connectivity index (χ0v) is 21.6. The van der Waals surface area contributed by atoms with E-state index in [2.05, 4.69) is 4.18 Å². The van der Waals surface area contributed by atoms with E-state index in [0.29, 0.717) is 11.1 Å². The van der Waals surface area contributed by atoms with Crippen LogP contribution < -0.4 is 9.08 Å². The number of methoxy groups -OCH3 is 1. The Morgan fingerprint density at radius 1 is 0.872 bits per heavy atom. The zero-order chi connectivity index (χ0) is 28.0. The van der Waals surface area contributed by atoms with Gasteiger partial charge in [0.05, 0.1) is 18.8 Å². The summed E-state index contributed by atoms with van der Waals surface area (Å²) in [6.07, 6.45) is 1.58. The maximum Gasteiger partial charge on any atom is 0.534 e. The van der Waals surface area contributed by atoms with Crippen molar-refractivity contribution in [3.63, 3.8) is 0 Å². The van der Waals surface area contributed by atoms with Gasteiger partial charge in [0, 0.05) is 12.7 Å². The van der Waals surface area contributed by atoms with Crippen LogP contribution in [0.2, 0.25) is 0 Å². The Morgan fingerprint density at radius 2 is 1.51 bits per heavy atom. The molecule has 0 radical (unpaired) electrons. The molecule has 0 aliphatic carbocycles. The van der Waals surface area contributed by atoms with Gasteiger partial charge in [0.25, 0.3) is 5.91 Å². The van der Waals surface area contributed by atoms with Gasteiger partial charge in [-0.1, -0.05) is 84.9 Å². The predicted molar refractivity (Wildman–Crippen MR) is 143 cm³/mol. The topological polar surface area (TPSA) is 72.9 Å². The van der Waals surface area contributed by atoms with Crippen LogP contribution in [0.25, 0.3) is 16.3 Å². The normalized spacial score (nSPS) is 12.4. The Balaban J connectivity index is 1.88. The first-order valence-electron chi connectivity index (χ1n) is 11.7. The number of nitrogens with zero attached hydrogens (tertiary/aromatic N) is 1. The molecule has 0 N–H and O–H groups in total. The molecule has 0 saturated heterocycles. The molecule has 4 aromatic carbocycles. The fourth-order valence-electron chi connectivity index (χ4n) is 4.03. The lowest BCUT2D eigenvalue weighted by Crippen LogP contribution is -2.33. The second-order valence-corrected chi connectivity index (χ2v) is 9.97. The zero-order valence-electron chi connectivity index (χ0n) is 20.8. The molecular weight excluding hydrogens is 531 g/mol. The summed E-state index contributed by atoms with van der Waals surface area (Å²) >= 11 is 0. The summed E-state index contributed by atoms with van der Waals surface area (Å²) < 4.78 is 73.0. The summed E-state index contributed by atoms with van der Waals surface area (Å²) in [7, 11) is -4.53. The molecule has 0 atom stereocenters. The van der Waals surface area contributed by atoms with Gasteiger partial charge in [0.1, 0.15) is 0 Å². The number of ether oxygens (including phenoxy) is 1. The molecule has 6 nitrogen and oxygen atoms in total. The van der Waals surface area contributed by atoms with Crippen molar-refractivity contribution in [2.75, 3.05) is 18.6 Å². The van der Waals surface area contributed by atoms with Crippen molar-refractivity contribution < 1.29 is 35.3 Å². The van der Waals surface area contributed by atoms with Gasteiger partial charge in [-0.05, 0) is 40.1 Å². The molecule has 4 rings (SSSR count). The molecule has 0 heterocycles. The van der Waals surface area contributed by atoms with E-state index < -0.39 is 27.3 Å². The Kier molecular flexibility index (Phi) is 8.37. The van der Waals surface area contributed by atoms with Crippen molar-refractivity contribution in [2.45, 2.75) is 12.1 Å². The number of benzene rings is 4. The average Bonchev–Trinajstić information content (AvgIpc) is 2.92. The molecule has 0 aliphatic heterocycles. The summed E-state index contributed by atoms with van der Waals surface area (Å²) in [5, 5.41) is 1.65. The minimum absolute atomic E-state index is 0.0735. The monoisotopic (exact) mass is 555 g/mol. The first-order chi connectivity index (χ1) is 18.6. The number of anilines is 1. The number of halogens is 3. The largest absolute Gasteiger partial charge is 0.534 e. The highest BCUT2D eigenvalue weighted by Crippen LogP contribution is 2.36. The molecule has 0 bridgehead atoms. The maximum absolute atomic E-state index is 14.3. The van der Waals surface area contributed by atoms with Gasteiger partial charge in [0.15, 0.2) is 5.75 Å². The van der Waals surface area contributed by atoms with Gasteiger partial charge in [-0.15, -0.1) is 0 Å². The van der Waals surface area contributed by atoms with Gasteiger partial charge in [0.2, 0.25) is 0 Å². The second-order valence-electron chi connectivity index (χ2n) is 8.43. The Morgan fingerprint density at radius 3 is 2.23 bits per heavy atom. The number of alkyl halides is 3. The average molecular weight is 556 g/mol. The van der Waals surface area contributed by atoms with Crippen molar-refractivity contribution in [3.8, 4) is 5.75 Å². The molecule has 4 aromatic rings. The second kappa shape index (κ2) is 11.7. The van der Waals surface area contributed by atoms with E-state index in [-0.39, 0.29) is 24.4 Å². The lowest BCUT2D eigenvalue weighted by Gasteiger charge is -2.27. The number of rotatable bonds is 9. The van der Waals surface area contributed by atoms with E-state index >= 15 is 0 Å². The van der Waals surface area contributed by atoms with Crippen LogP contribution in [0, 0.1) is 0 Å². The number of fused-ring (bicyclic) bond motifs is 1. The van der Waals surface area contributed by atoms with Crippen LogP contribution in [0.4, 0.5) is 18.9 Å². The number of amides is 1. The van der Waals surface area contributed by atoms with E-state index in [1.165, 1.54) is 30.2 Å². The van der Waals surface area contributed by atoms with Crippen LogP contribution in [0.5, 0.6) is 5.75 Å². The van der Waals surface area contributed by atoms with E-state index in [1.54, 1.807) is 48.5 Å². The van der Waals surface area contributed by atoms with E-state index in [0.717, 1.165) is 16.8 Å². The number of hydrogen-bond donors (Lipinski definition) is 0. The summed E-state index contributed by atoms with van der Waals surface area (Å²) in [4.78, 5) is 15.5. The lowest BCUT2D eigenvalue weighted by molar-refractivity contribution is -0.113. The molecule has 0 aliphatic rings.